The fourth-order valence-electron chi connectivity index (χ4n) is 1.78. The summed E-state index contributed by atoms with van der Waals surface area (Å²) >= 11 is 5.47. The molecule has 0 radical (unpaired) electrons. The molecule has 2 unspecified atom stereocenters. The van der Waals surface area contributed by atoms with Crippen molar-refractivity contribution >= 4 is 28.4 Å². The van der Waals surface area contributed by atoms with Gasteiger partial charge in [-0.2, -0.15) is 0 Å². The maximum Gasteiger partial charge on any atom is 0.223 e. The third-order valence-corrected chi connectivity index (χ3v) is 10.5. The smallest absolute Gasteiger partial charge is 0.223 e. The predicted molar refractivity (Wildman–Crippen MR) is 83.1 cm³/mol. The Kier molecular flexibility index (Phi) is 6.42. The van der Waals surface area contributed by atoms with Gasteiger partial charge < -0.3 is 4.52 Å². The summed E-state index contributed by atoms with van der Waals surface area (Å²) in [5.41, 5.74) is 0. The summed E-state index contributed by atoms with van der Waals surface area (Å²) in [6.07, 6.45) is 4.48. The Morgan fingerprint density at radius 3 is 2.53 bits per heavy atom. The lowest BCUT2D eigenvalue weighted by Gasteiger charge is -2.32. The number of nitrogens with zero attached hydrogens (tertiary/aromatic N) is 1. The van der Waals surface area contributed by atoms with E-state index in [2.05, 4.69) is 12.0 Å². The van der Waals surface area contributed by atoms with Crippen molar-refractivity contribution in [3.8, 4) is 0 Å². The van der Waals surface area contributed by atoms with Crippen LogP contribution in [-0.4, -0.2) is 37.9 Å². The minimum absolute atomic E-state index is 0.0323. The van der Waals surface area contributed by atoms with E-state index in [4.69, 9.17) is 16.3 Å². The van der Waals surface area contributed by atoms with Crippen LogP contribution in [0.2, 0.25) is 0 Å². The lowest BCUT2D eigenvalue weighted by atomic mass is 10.2. The Morgan fingerprint density at radius 2 is 2.11 bits per heavy atom. The fourth-order valence-corrected chi connectivity index (χ4v) is 7.29. The van der Waals surface area contributed by atoms with E-state index in [9.17, 15) is 8.42 Å². The van der Waals surface area contributed by atoms with Gasteiger partial charge in [-0.25, -0.2) is 8.42 Å². The van der Waals surface area contributed by atoms with Gasteiger partial charge in [0.15, 0.2) is 0 Å². The number of sulfonamides is 1. The van der Waals surface area contributed by atoms with Gasteiger partial charge >= 0.3 is 0 Å². The molecule has 2 atom stereocenters. The van der Waals surface area contributed by atoms with Crippen LogP contribution < -0.4 is 5.09 Å². The van der Waals surface area contributed by atoms with E-state index in [1.807, 2.05) is 6.92 Å². The average molecular weight is 328 g/mol. The monoisotopic (exact) mass is 328 g/mol. The lowest BCUT2D eigenvalue weighted by Crippen LogP contribution is -2.33. The average Bonchev–Trinajstić information content (AvgIpc) is 3.19. The second-order valence-corrected chi connectivity index (χ2v) is 11.3. The molecule has 1 fully saturated rings. The van der Waals surface area contributed by atoms with E-state index >= 15 is 0 Å². The SMILES string of the molecule is CCCCC(C)OP(=S)(NC)N(C)S(=O)(=O)C1CC1. The van der Waals surface area contributed by atoms with E-state index < -0.39 is 16.6 Å². The van der Waals surface area contributed by atoms with Crippen LogP contribution in [0.3, 0.4) is 0 Å². The molecule has 0 heterocycles. The molecule has 8 heteroatoms. The Bertz CT molecular complexity index is 437. The molecule has 0 spiro atoms. The number of hydrogen-bond acceptors (Lipinski definition) is 4. The van der Waals surface area contributed by atoms with Crippen LogP contribution in [0.4, 0.5) is 0 Å². The zero-order chi connectivity index (χ0) is 14.7. The minimum atomic E-state index is -3.31. The molecule has 5 nitrogen and oxygen atoms in total. The molecule has 1 rings (SSSR count). The third kappa shape index (κ3) is 4.48. The molecule has 1 aliphatic rings. The van der Waals surface area contributed by atoms with Gasteiger partial charge in [-0.3, -0.25) is 5.09 Å². The van der Waals surface area contributed by atoms with Gasteiger partial charge in [0, 0.05) is 7.05 Å². The van der Waals surface area contributed by atoms with Crippen molar-refractivity contribution < 1.29 is 12.9 Å². The first-order valence-corrected chi connectivity index (χ1v) is 10.9. The molecule has 114 valence electrons. The Hall–Kier alpha value is 0.480. The van der Waals surface area contributed by atoms with E-state index in [1.165, 1.54) is 11.1 Å². The summed E-state index contributed by atoms with van der Waals surface area (Å²) in [7, 11) is -0.0986. The van der Waals surface area contributed by atoms with Crippen LogP contribution in [-0.2, 0) is 26.4 Å². The van der Waals surface area contributed by atoms with Gasteiger partial charge in [-0.15, -0.1) is 4.08 Å². The van der Waals surface area contributed by atoms with Gasteiger partial charge in [-0.1, -0.05) is 19.8 Å². The maximum absolute atomic E-state index is 12.3. The largest absolute Gasteiger partial charge is 0.323 e. The van der Waals surface area contributed by atoms with Crippen LogP contribution in [0.25, 0.3) is 0 Å². The number of hydrogen-bond donors (Lipinski definition) is 1. The highest BCUT2D eigenvalue weighted by Crippen LogP contribution is 2.51. The van der Waals surface area contributed by atoms with Crippen molar-refractivity contribution in [3.63, 3.8) is 0 Å². The molecule has 1 saturated carbocycles. The van der Waals surface area contributed by atoms with Crippen LogP contribution in [0.15, 0.2) is 0 Å². The summed E-state index contributed by atoms with van der Waals surface area (Å²) < 4.78 is 31.7. The molecular weight excluding hydrogens is 303 g/mol. The van der Waals surface area contributed by atoms with Crippen molar-refractivity contribution in [1.82, 2.24) is 9.16 Å². The molecule has 0 amide bonds. The first-order chi connectivity index (χ1) is 8.78. The zero-order valence-electron chi connectivity index (χ0n) is 12.1. The molecule has 0 saturated heterocycles. The first-order valence-electron chi connectivity index (χ1n) is 6.73. The van der Waals surface area contributed by atoms with Crippen molar-refractivity contribution in [1.29, 1.82) is 0 Å². The van der Waals surface area contributed by atoms with Crippen LogP contribution in [0.5, 0.6) is 0 Å². The van der Waals surface area contributed by atoms with Crippen LogP contribution in [0, 0.1) is 0 Å². The van der Waals surface area contributed by atoms with E-state index in [0.717, 1.165) is 32.1 Å². The summed E-state index contributed by atoms with van der Waals surface area (Å²) in [5.74, 6) is 0. The molecule has 0 bridgehead atoms. The molecule has 19 heavy (non-hydrogen) atoms. The normalized spacial score (nSPS) is 21.3. The second kappa shape index (κ2) is 6.96. The standard InChI is InChI=1S/C11H25N2O3PS2/c1-5-6-7-10(2)16-17(18,12-3)13(4)19(14,15)11-8-9-11/h10-11H,5-9H2,1-4H3,(H,12,18). The molecular formula is C11H25N2O3PS2. The Morgan fingerprint density at radius 1 is 1.53 bits per heavy atom. The number of rotatable bonds is 9. The van der Waals surface area contributed by atoms with Crippen LogP contribution >= 0.6 is 6.57 Å². The Labute approximate surface area is 122 Å². The fraction of sp³-hybridized carbons (Fsp3) is 1.00. The minimum Gasteiger partial charge on any atom is -0.323 e. The zero-order valence-corrected chi connectivity index (χ0v) is 14.7. The molecule has 1 N–H and O–H groups in total. The molecule has 0 aliphatic heterocycles. The van der Waals surface area contributed by atoms with E-state index in [-0.39, 0.29) is 11.4 Å². The molecule has 0 aromatic heterocycles. The maximum atomic E-state index is 12.3. The lowest BCUT2D eigenvalue weighted by molar-refractivity contribution is 0.217. The van der Waals surface area contributed by atoms with Crippen molar-refractivity contribution in [3.05, 3.63) is 0 Å². The topological polar surface area (TPSA) is 58.6 Å². The van der Waals surface area contributed by atoms with Crippen LogP contribution in [0.1, 0.15) is 46.0 Å². The van der Waals surface area contributed by atoms with Gasteiger partial charge in [0.25, 0.3) is 0 Å². The Balaban J connectivity index is 2.76. The highest BCUT2D eigenvalue weighted by molar-refractivity contribution is 8.14. The van der Waals surface area contributed by atoms with E-state index in [0.29, 0.717) is 0 Å². The molecule has 1 aliphatic carbocycles. The number of nitrogens with one attached hydrogen (secondary N) is 1. The first kappa shape index (κ1) is 17.5. The highest BCUT2D eigenvalue weighted by atomic mass is 32.5. The highest BCUT2D eigenvalue weighted by Gasteiger charge is 2.44. The second-order valence-electron chi connectivity index (χ2n) is 4.98. The van der Waals surface area contributed by atoms with Gasteiger partial charge in [0.2, 0.25) is 16.6 Å². The predicted octanol–water partition coefficient (Wildman–Crippen LogP) is 2.45. The third-order valence-electron chi connectivity index (χ3n) is 3.25. The van der Waals surface area contributed by atoms with Gasteiger partial charge in [-0.05, 0) is 45.0 Å². The van der Waals surface area contributed by atoms with Crippen molar-refractivity contribution in [2.75, 3.05) is 14.1 Å². The molecule has 0 aromatic carbocycles. The van der Waals surface area contributed by atoms with Crippen molar-refractivity contribution in [2.45, 2.75) is 57.3 Å². The van der Waals surface area contributed by atoms with Gasteiger partial charge in [0.05, 0.1) is 11.4 Å². The number of unbranched alkanes of at least 4 members (excludes halogenated alkanes) is 1. The van der Waals surface area contributed by atoms with E-state index in [1.54, 1.807) is 7.05 Å². The summed E-state index contributed by atoms with van der Waals surface area (Å²) in [4.78, 5) is 0. The summed E-state index contributed by atoms with van der Waals surface area (Å²) in [5, 5.41) is 2.66. The summed E-state index contributed by atoms with van der Waals surface area (Å²) in [6.45, 7) is 1.37. The summed E-state index contributed by atoms with van der Waals surface area (Å²) in [6, 6.07) is 0. The molecule has 0 aromatic rings. The van der Waals surface area contributed by atoms with Gasteiger partial charge in [0.1, 0.15) is 0 Å². The van der Waals surface area contributed by atoms with Crippen molar-refractivity contribution in [2.24, 2.45) is 0 Å². The quantitative estimate of drug-likeness (QED) is 0.659.